The molecule has 5 heteroatoms. The summed E-state index contributed by atoms with van der Waals surface area (Å²) in [4.78, 5) is 23.6. The molecule has 0 aliphatic heterocycles. The van der Waals surface area contributed by atoms with Gasteiger partial charge in [0.1, 0.15) is 12.1 Å². The van der Waals surface area contributed by atoms with Crippen LogP contribution in [0.4, 0.5) is 4.79 Å². The maximum absolute atomic E-state index is 12.3. The second-order valence-corrected chi connectivity index (χ2v) is 8.44. The number of aliphatic carboxylic acids is 1. The third-order valence-electron chi connectivity index (χ3n) is 5.50. The minimum absolute atomic E-state index is 0.0817. The van der Waals surface area contributed by atoms with Gasteiger partial charge in [0.15, 0.2) is 0 Å². The van der Waals surface area contributed by atoms with Gasteiger partial charge in [-0.05, 0) is 61.7 Å². The van der Waals surface area contributed by atoms with E-state index in [9.17, 15) is 14.7 Å². The Balaban J connectivity index is 1.93. The van der Waals surface area contributed by atoms with E-state index in [0.717, 1.165) is 25.7 Å². The molecule has 0 aromatic carbocycles. The first-order valence-electron chi connectivity index (χ1n) is 9.03. The van der Waals surface area contributed by atoms with Crippen molar-refractivity contribution < 1.29 is 19.4 Å². The Morgan fingerprint density at radius 2 is 2.00 bits per heavy atom. The number of hydrogen-bond acceptors (Lipinski definition) is 3. The number of unbranched alkanes of at least 4 members (excludes halogenated alkanes) is 1. The van der Waals surface area contributed by atoms with Crippen LogP contribution in [0.15, 0.2) is 12.7 Å². The molecule has 136 valence electrons. The number of carboxylic acids is 1. The van der Waals surface area contributed by atoms with Crippen molar-refractivity contribution in [2.75, 3.05) is 0 Å². The number of carboxylic acid groups (broad SMARTS) is 1. The van der Waals surface area contributed by atoms with Crippen LogP contribution >= 0.6 is 0 Å². The van der Waals surface area contributed by atoms with Crippen LogP contribution in [0.1, 0.15) is 59.3 Å². The number of fused-ring (bicyclic) bond motifs is 2. The molecule has 3 fully saturated rings. The Bertz CT molecular complexity index is 476. The lowest BCUT2D eigenvalue weighted by molar-refractivity contribution is -0.142. The number of ether oxygens (including phenoxy) is 1. The third kappa shape index (κ3) is 4.52. The summed E-state index contributed by atoms with van der Waals surface area (Å²) in [5.74, 6) is 0.692. The zero-order valence-corrected chi connectivity index (χ0v) is 15.1. The molecular weight excluding hydrogens is 306 g/mol. The number of hydrogen-bond donors (Lipinski definition) is 2. The predicted molar refractivity (Wildman–Crippen MR) is 92.7 cm³/mol. The van der Waals surface area contributed by atoms with Crippen molar-refractivity contribution in [3.8, 4) is 0 Å². The second-order valence-electron chi connectivity index (χ2n) is 8.44. The first-order chi connectivity index (χ1) is 11.2. The molecule has 0 spiro atoms. The van der Waals surface area contributed by atoms with Gasteiger partial charge in [0.25, 0.3) is 0 Å². The van der Waals surface area contributed by atoms with E-state index in [2.05, 4.69) is 11.9 Å². The van der Waals surface area contributed by atoms with Crippen LogP contribution in [0.3, 0.4) is 0 Å². The Morgan fingerprint density at radius 1 is 1.33 bits per heavy atom. The van der Waals surface area contributed by atoms with Crippen LogP contribution in [0.25, 0.3) is 0 Å². The fraction of sp³-hybridized carbons (Fsp3) is 0.789. The Labute approximate surface area is 144 Å². The van der Waals surface area contributed by atoms with Gasteiger partial charge in [0.05, 0.1) is 0 Å². The molecule has 3 rings (SSSR count). The van der Waals surface area contributed by atoms with Crippen molar-refractivity contribution in [1.29, 1.82) is 0 Å². The molecule has 2 bridgehead atoms. The highest BCUT2D eigenvalue weighted by Crippen LogP contribution is 2.51. The van der Waals surface area contributed by atoms with Crippen LogP contribution < -0.4 is 5.32 Å². The topological polar surface area (TPSA) is 75.6 Å². The van der Waals surface area contributed by atoms with Crippen LogP contribution in [0.5, 0.6) is 0 Å². The van der Waals surface area contributed by atoms with E-state index in [4.69, 9.17) is 4.74 Å². The molecule has 3 aliphatic rings. The fourth-order valence-corrected chi connectivity index (χ4v) is 4.13. The number of alkyl carbamates (subject to hydrolysis) is 1. The maximum Gasteiger partial charge on any atom is 0.408 e. The quantitative estimate of drug-likeness (QED) is 0.544. The lowest BCUT2D eigenvalue weighted by atomic mass is 9.58. The molecule has 3 atom stereocenters. The predicted octanol–water partition coefficient (Wildman–Crippen LogP) is 3.98. The highest BCUT2D eigenvalue weighted by Gasteiger charge is 2.47. The third-order valence-corrected chi connectivity index (χ3v) is 5.50. The Kier molecular flexibility index (Phi) is 5.94. The van der Waals surface area contributed by atoms with Crippen molar-refractivity contribution in [1.82, 2.24) is 5.32 Å². The summed E-state index contributed by atoms with van der Waals surface area (Å²) in [5.41, 5.74) is -0.567. The standard InChI is InChI=1S/C19H31NO4/c1-5-6-7-8-14-13-9-12(10-13)11-15(14)24-18(23)20-16(17(21)22)19(2,3)4/h5,12-16H,1,6-11H2,2-4H3,(H,20,23)(H,21,22)/t12?,13?,14-,15-,16+/m0/s1. The molecule has 0 heterocycles. The number of allylic oxidation sites excluding steroid dienone is 1. The number of amides is 1. The normalized spacial score (nSPS) is 30.0. The molecule has 0 aromatic heterocycles. The number of nitrogens with one attached hydrogen (secondary N) is 1. The van der Waals surface area contributed by atoms with Gasteiger partial charge in [-0.15, -0.1) is 6.58 Å². The van der Waals surface area contributed by atoms with Crippen molar-refractivity contribution in [2.45, 2.75) is 71.4 Å². The molecule has 3 aliphatic carbocycles. The molecule has 3 saturated carbocycles. The number of carbonyl (C=O) groups excluding carboxylic acids is 1. The van der Waals surface area contributed by atoms with Gasteiger partial charge in [0.2, 0.25) is 0 Å². The van der Waals surface area contributed by atoms with Gasteiger partial charge < -0.3 is 15.2 Å². The summed E-state index contributed by atoms with van der Waals surface area (Å²) in [5, 5.41) is 11.9. The minimum Gasteiger partial charge on any atom is -0.480 e. The zero-order chi connectivity index (χ0) is 17.9. The SMILES string of the molecule is C=CCCC[C@H]1C2CC(C2)C[C@@H]1OC(=O)N[C@H](C(=O)O)C(C)(C)C. The van der Waals surface area contributed by atoms with Crippen molar-refractivity contribution in [2.24, 2.45) is 23.2 Å². The molecule has 0 saturated heterocycles. The maximum atomic E-state index is 12.3. The molecule has 0 aromatic rings. The first-order valence-corrected chi connectivity index (χ1v) is 9.03. The number of carbonyl (C=O) groups is 2. The average molecular weight is 337 g/mol. The molecular formula is C19H31NO4. The van der Waals surface area contributed by atoms with E-state index in [1.807, 2.05) is 6.08 Å². The van der Waals surface area contributed by atoms with Crippen LogP contribution in [-0.2, 0) is 9.53 Å². The second kappa shape index (κ2) is 7.58. The van der Waals surface area contributed by atoms with E-state index in [-0.39, 0.29) is 6.10 Å². The van der Waals surface area contributed by atoms with Crippen LogP contribution in [0.2, 0.25) is 0 Å². The largest absolute Gasteiger partial charge is 0.480 e. The summed E-state index contributed by atoms with van der Waals surface area (Å²) >= 11 is 0. The van der Waals surface area contributed by atoms with E-state index in [1.165, 1.54) is 12.8 Å². The lowest BCUT2D eigenvalue weighted by Gasteiger charge is -2.50. The molecule has 24 heavy (non-hydrogen) atoms. The minimum atomic E-state index is -1.03. The van der Waals surface area contributed by atoms with E-state index >= 15 is 0 Å². The van der Waals surface area contributed by atoms with Gasteiger partial charge in [-0.25, -0.2) is 9.59 Å². The van der Waals surface area contributed by atoms with Gasteiger partial charge in [0, 0.05) is 0 Å². The highest BCUT2D eigenvalue weighted by molar-refractivity contribution is 5.80. The van der Waals surface area contributed by atoms with Crippen molar-refractivity contribution in [3.63, 3.8) is 0 Å². The summed E-state index contributed by atoms with van der Waals surface area (Å²) < 4.78 is 5.67. The summed E-state index contributed by atoms with van der Waals surface area (Å²) in [6.45, 7) is 9.14. The lowest BCUT2D eigenvalue weighted by Crippen LogP contribution is -2.52. The monoisotopic (exact) mass is 337 g/mol. The Hall–Kier alpha value is -1.52. The molecule has 1 amide bonds. The average Bonchev–Trinajstić information content (AvgIpc) is 2.43. The van der Waals surface area contributed by atoms with Crippen molar-refractivity contribution >= 4 is 12.1 Å². The van der Waals surface area contributed by atoms with E-state index < -0.39 is 23.5 Å². The first kappa shape index (κ1) is 18.8. The fourth-order valence-electron chi connectivity index (χ4n) is 4.13. The summed E-state index contributed by atoms with van der Waals surface area (Å²) in [7, 11) is 0. The highest BCUT2D eigenvalue weighted by atomic mass is 16.6. The molecule has 2 N–H and O–H groups in total. The smallest absolute Gasteiger partial charge is 0.408 e. The molecule has 0 unspecified atom stereocenters. The van der Waals surface area contributed by atoms with E-state index in [0.29, 0.717) is 17.8 Å². The zero-order valence-electron chi connectivity index (χ0n) is 15.1. The summed E-state index contributed by atoms with van der Waals surface area (Å²) in [6.07, 6.45) is 7.75. The van der Waals surface area contributed by atoms with Gasteiger partial charge in [-0.2, -0.15) is 0 Å². The van der Waals surface area contributed by atoms with Crippen molar-refractivity contribution in [3.05, 3.63) is 12.7 Å². The Morgan fingerprint density at radius 3 is 2.54 bits per heavy atom. The van der Waals surface area contributed by atoms with Crippen LogP contribution in [0, 0.1) is 23.2 Å². The molecule has 0 radical (unpaired) electrons. The van der Waals surface area contributed by atoms with Crippen LogP contribution in [-0.4, -0.2) is 29.3 Å². The number of rotatable bonds is 7. The van der Waals surface area contributed by atoms with Gasteiger partial charge in [-0.3, -0.25) is 0 Å². The summed E-state index contributed by atoms with van der Waals surface area (Å²) in [6, 6.07) is -0.956. The molecule has 5 nitrogen and oxygen atoms in total. The van der Waals surface area contributed by atoms with Gasteiger partial charge in [-0.1, -0.05) is 26.8 Å². The van der Waals surface area contributed by atoms with E-state index in [1.54, 1.807) is 20.8 Å². The van der Waals surface area contributed by atoms with Gasteiger partial charge >= 0.3 is 12.1 Å².